The van der Waals surface area contributed by atoms with Crippen molar-refractivity contribution < 1.29 is 19.2 Å². The largest absolute Gasteiger partial charge is 0.490 e. The topological polar surface area (TPSA) is 91.0 Å². The van der Waals surface area contributed by atoms with Gasteiger partial charge >= 0.3 is 11.7 Å². The second-order valence-corrected chi connectivity index (χ2v) is 8.72. The molecule has 1 aliphatic heterocycles. The number of carbonyl (C=O) groups excluding carboxylic acids is 1. The van der Waals surface area contributed by atoms with Crippen molar-refractivity contribution in [3.8, 4) is 5.75 Å². The van der Waals surface area contributed by atoms with Gasteiger partial charge in [-0.05, 0) is 74.0 Å². The van der Waals surface area contributed by atoms with E-state index in [0.717, 1.165) is 37.0 Å². The fraction of sp³-hybridized carbons (Fsp3) is 0.524. The van der Waals surface area contributed by atoms with Crippen molar-refractivity contribution in [2.45, 2.75) is 38.5 Å². The Kier molecular flexibility index (Phi) is 3.82. The number of nitro groups is 1. The van der Waals surface area contributed by atoms with Gasteiger partial charge in [-0.15, -0.1) is 0 Å². The van der Waals surface area contributed by atoms with Gasteiger partial charge in [0.1, 0.15) is 0 Å². The van der Waals surface area contributed by atoms with Crippen LogP contribution in [0.2, 0.25) is 0 Å². The lowest BCUT2D eigenvalue weighted by Gasteiger charge is -2.55. The van der Waals surface area contributed by atoms with E-state index < -0.39 is 10.9 Å². The molecular formula is C21H22N2O5. The van der Waals surface area contributed by atoms with Crippen molar-refractivity contribution in [1.82, 2.24) is 0 Å². The summed E-state index contributed by atoms with van der Waals surface area (Å²) in [6, 6.07) is 4.58. The first-order valence-corrected chi connectivity index (χ1v) is 9.81. The molecular weight excluding hydrogens is 360 g/mol. The average molecular weight is 382 g/mol. The zero-order valence-electron chi connectivity index (χ0n) is 15.7. The van der Waals surface area contributed by atoms with Crippen LogP contribution in [0.4, 0.5) is 5.69 Å². The molecule has 1 aromatic carbocycles. The van der Waals surface area contributed by atoms with Crippen LogP contribution in [0.15, 0.2) is 28.9 Å². The van der Waals surface area contributed by atoms with Crippen molar-refractivity contribution >= 4 is 23.6 Å². The van der Waals surface area contributed by atoms with E-state index in [4.69, 9.17) is 9.47 Å². The lowest BCUT2D eigenvalue weighted by Crippen LogP contribution is -2.50. The molecule has 146 valence electrons. The molecule has 0 atom stereocenters. The quantitative estimate of drug-likeness (QED) is 0.338. The number of ether oxygens (including phenoxy) is 2. The van der Waals surface area contributed by atoms with E-state index in [1.165, 1.54) is 38.5 Å². The standard InChI is InChI=1S/C21H22N2O5/c1-27-18-3-2-12(8-17(18)23(25)26)7-16-19(24)28-20(22-16)21-9-13-4-14(10-21)6-15(5-13)11-21/h2-3,7-8,13-15H,4-6,9-11H2,1H3/b16-7+. The van der Waals surface area contributed by atoms with Gasteiger partial charge in [-0.25, -0.2) is 9.79 Å². The highest BCUT2D eigenvalue weighted by molar-refractivity contribution is 6.09. The summed E-state index contributed by atoms with van der Waals surface area (Å²) in [5, 5.41) is 11.2. The van der Waals surface area contributed by atoms with Gasteiger partial charge in [0.25, 0.3) is 0 Å². The molecule has 1 heterocycles. The number of esters is 1. The molecule has 4 bridgehead atoms. The van der Waals surface area contributed by atoms with Gasteiger partial charge in [0, 0.05) is 11.5 Å². The highest BCUT2D eigenvalue weighted by Gasteiger charge is 2.55. The molecule has 4 saturated carbocycles. The second-order valence-electron chi connectivity index (χ2n) is 8.72. The van der Waals surface area contributed by atoms with Crippen LogP contribution in [0.3, 0.4) is 0 Å². The normalized spacial score (nSPS) is 34.5. The van der Waals surface area contributed by atoms with Gasteiger partial charge in [0.2, 0.25) is 5.90 Å². The first-order valence-electron chi connectivity index (χ1n) is 9.81. The van der Waals surface area contributed by atoms with Crippen LogP contribution in [0.25, 0.3) is 6.08 Å². The molecule has 0 unspecified atom stereocenters. The Labute approximate surface area is 162 Å². The predicted molar refractivity (Wildman–Crippen MR) is 102 cm³/mol. The Bertz CT molecular complexity index is 897. The third kappa shape index (κ3) is 2.72. The first kappa shape index (κ1) is 17.4. The number of benzene rings is 1. The Morgan fingerprint density at radius 2 is 1.86 bits per heavy atom. The molecule has 0 spiro atoms. The number of aliphatic imine (C=N–C) groups is 1. The maximum Gasteiger partial charge on any atom is 0.363 e. The number of hydrogen-bond donors (Lipinski definition) is 0. The van der Waals surface area contributed by atoms with Crippen LogP contribution in [0.5, 0.6) is 5.75 Å². The highest BCUT2D eigenvalue weighted by Crippen LogP contribution is 2.61. The number of methoxy groups -OCH3 is 1. The molecule has 1 aromatic rings. The molecule has 0 N–H and O–H groups in total. The van der Waals surface area contributed by atoms with Crippen molar-refractivity contribution in [2.75, 3.05) is 7.11 Å². The summed E-state index contributed by atoms with van der Waals surface area (Å²) in [6.07, 6.45) is 8.66. The van der Waals surface area contributed by atoms with E-state index in [9.17, 15) is 14.9 Å². The highest BCUT2D eigenvalue weighted by atomic mass is 16.6. The smallest absolute Gasteiger partial charge is 0.363 e. The SMILES string of the molecule is COc1ccc(/C=C2/N=C(C34CC5CC(CC(C5)C3)C4)OC2=O)cc1[N+](=O)[O-]. The van der Waals surface area contributed by atoms with Gasteiger partial charge in [0.15, 0.2) is 11.4 Å². The molecule has 5 aliphatic rings. The van der Waals surface area contributed by atoms with Crippen LogP contribution in [0, 0.1) is 33.3 Å². The fourth-order valence-electron chi connectivity index (χ4n) is 6.11. The van der Waals surface area contributed by atoms with Gasteiger partial charge in [-0.1, -0.05) is 6.07 Å². The lowest BCUT2D eigenvalue weighted by molar-refractivity contribution is -0.385. The summed E-state index contributed by atoms with van der Waals surface area (Å²) in [6.45, 7) is 0. The van der Waals surface area contributed by atoms with Gasteiger partial charge < -0.3 is 9.47 Å². The number of carbonyl (C=O) groups is 1. The number of hydrogen-bond acceptors (Lipinski definition) is 6. The summed E-state index contributed by atoms with van der Waals surface area (Å²) < 4.78 is 10.7. The predicted octanol–water partition coefficient (Wildman–Crippen LogP) is 4.12. The van der Waals surface area contributed by atoms with Gasteiger partial charge in [-0.2, -0.15) is 0 Å². The zero-order valence-corrected chi connectivity index (χ0v) is 15.7. The molecule has 0 amide bonds. The average Bonchev–Trinajstić information content (AvgIpc) is 3.02. The van der Waals surface area contributed by atoms with E-state index in [2.05, 4.69) is 4.99 Å². The third-order valence-electron chi connectivity index (χ3n) is 6.82. The van der Waals surface area contributed by atoms with Gasteiger partial charge in [0.05, 0.1) is 12.0 Å². The van der Waals surface area contributed by atoms with E-state index in [0.29, 0.717) is 11.5 Å². The number of nitro benzene ring substituents is 1. The lowest BCUT2D eigenvalue weighted by atomic mass is 9.49. The van der Waals surface area contributed by atoms with Crippen molar-refractivity contribution in [3.05, 3.63) is 39.6 Å². The minimum atomic E-state index is -0.502. The van der Waals surface area contributed by atoms with Crippen LogP contribution in [-0.4, -0.2) is 23.9 Å². The summed E-state index contributed by atoms with van der Waals surface area (Å²) in [7, 11) is 1.39. The number of nitrogens with zero attached hydrogens (tertiary/aromatic N) is 2. The molecule has 7 heteroatoms. The Morgan fingerprint density at radius 3 is 2.43 bits per heavy atom. The summed E-state index contributed by atoms with van der Waals surface area (Å²) >= 11 is 0. The molecule has 0 aromatic heterocycles. The Morgan fingerprint density at radius 1 is 1.21 bits per heavy atom. The fourth-order valence-corrected chi connectivity index (χ4v) is 6.11. The van der Waals surface area contributed by atoms with Crippen molar-refractivity contribution in [1.29, 1.82) is 0 Å². The minimum absolute atomic E-state index is 0.0914. The second kappa shape index (κ2) is 6.15. The molecule has 6 rings (SSSR count). The van der Waals surface area contributed by atoms with E-state index in [1.54, 1.807) is 12.1 Å². The number of rotatable bonds is 4. The summed E-state index contributed by atoms with van der Waals surface area (Å²) in [4.78, 5) is 27.8. The molecule has 28 heavy (non-hydrogen) atoms. The van der Waals surface area contributed by atoms with Crippen molar-refractivity contribution in [3.63, 3.8) is 0 Å². The Hall–Kier alpha value is -2.70. The van der Waals surface area contributed by atoms with Crippen LogP contribution in [0.1, 0.15) is 44.1 Å². The maximum atomic E-state index is 12.5. The molecule has 4 aliphatic carbocycles. The molecule has 0 radical (unpaired) electrons. The first-order chi connectivity index (χ1) is 13.5. The molecule has 7 nitrogen and oxygen atoms in total. The molecule has 0 saturated heterocycles. The number of cyclic esters (lactones) is 1. The van der Waals surface area contributed by atoms with Crippen molar-refractivity contribution in [2.24, 2.45) is 28.2 Å². The summed E-state index contributed by atoms with van der Waals surface area (Å²) in [5.74, 6) is 2.47. The van der Waals surface area contributed by atoms with Crippen LogP contribution >= 0.6 is 0 Å². The monoisotopic (exact) mass is 382 g/mol. The maximum absolute atomic E-state index is 12.5. The van der Waals surface area contributed by atoms with Crippen LogP contribution < -0.4 is 4.74 Å². The minimum Gasteiger partial charge on any atom is -0.490 e. The third-order valence-corrected chi connectivity index (χ3v) is 6.82. The van der Waals surface area contributed by atoms with Crippen LogP contribution in [-0.2, 0) is 9.53 Å². The zero-order chi connectivity index (χ0) is 19.5. The molecule has 4 fully saturated rings. The van der Waals surface area contributed by atoms with E-state index in [1.807, 2.05) is 0 Å². The Balaban J connectivity index is 1.47. The van der Waals surface area contributed by atoms with Gasteiger partial charge in [-0.3, -0.25) is 10.1 Å². The van der Waals surface area contributed by atoms with E-state index >= 15 is 0 Å². The van der Waals surface area contributed by atoms with E-state index in [-0.39, 0.29) is 22.5 Å². The summed E-state index contributed by atoms with van der Waals surface area (Å²) in [5.41, 5.74) is 0.500.